The predicted octanol–water partition coefficient (Wildman–Crippen LogP) is 0.886. The summed E-state index contributed by atoms with van der Waals surface area (Å²) in [5, 5.41) is 12.1. The average Bonchev–Trinajstić information content (AvgIpc) is 3.02. The zero-order valence-electron chi connectivity index (χ0n) is 11.3. The first-order valence-electron chi connectivity index (χ1n) is 6.41. The Kier molecular flexibility index (Phi) is 4.55. The summed E-state index contributed by atoms with van der Waals surface area (Å²) in [7, 11) is 0. The molecule has 0 saturated heterocycles. The van der Waals surface area contributed by atoms with Crippen molar-refractivity contribution in [1.82, 2.24) is 5.32 Å². The molecule has 1 atom stereocenters. The van der Waals surface area contributed by atoms with Gasteiger partial charge in [-0.2, -0.15) is 0 Å². The predicted molar refractivity (Wildman–Crippen MR) is 68.4 cm³/mol. The van der Waals surface area contributed by atoms with Crippen LogP contribution in [0.5, 0.6) is 0 Å². The molecule has 1 amide bonds. The van der Waals surface area contributed by atoms with E-state index in [0.717, 1.165) is 19.3 Å². The maximum absolute atomic E-state index is 12.0. The van der Waals surface area contributed by atoms with Crippen molar-refractivity contribution in [2.24, 2.45) is 22.5 Å². The lowest BCUT2D eigenvalue weighted by molar-refractivity contribution is -0.125. The molecule has 4 heteroatoms. The molecule has 1 saturated carbocycles. The maximum Gasteiger partial charge on any atom is 0.224 e. The lowest BCUT2D eigenvalue weighted by Gasteiger charge is -2.25. The van der Waals surface area contributed by atoms with Gasteiger partial charge in [0.1, 0.15) is 0 Å². The van der Waals surface area contributed by atoms with Crippen LogP contribution >= 0.6 is 0 Å². The molecular weight excluding hydrogens is 216 g/mol. The summed E-state index contributed by atoms with van der Waals surface area (Å²) in [6.07, 6.45) is 2.81. The Morgan fingerprint density at radius 3 is 2.41 bits per heavy atom. The molecule has 1 rings (SSSR count). The van der Waals surface area contributed by atoms with Gasteiger partial charge in [0.15, 0.2) is 0 Å². The molecule has 0 aliphatic heterocycles. The maximum atomic E-state index is 12.0. The Labute approximate surface area is 104 Å². The van der Waals surface area contributed by atoms with Gasteiger partial charge in [0.05, 0.1) is 12.5 Å². The Hall–Kier alpha value is -0.610. The van der Waals surface area contributed by atoms with Crippen molar-refractivity contribution in [2.45, 2.75) is 40.0 Å². The van der Waals surface area contributed by atoms with Gasteiger partial charge in [-0.3, -0.25) is 4.79 Å². The molecule has 1 aliphatic rings. The molecule has 1 aliphatic carbocycles. The summed E-state index contributed by atoms with van der Waals surface area (Å²) in [5.41, 5.74) is 5.73. The number of hydrogen-bond donors (Lipinski definition) is 3. The molecule has 4 nitrogen and oxygen atoms in total. The van der Waals surface area contributed by atoms with Gasteiger partial charge in [-0.25, -0.2) is 0 Å². The third-order valence-electron chi connectivity index (χ3n) is 3.44. The van der Waals surface area contributed by atoms with Gasteiger partial charge < -0.3 is 16.2 Å². The van der Waals surface area contributed by atoms with Crippen molar-refractivity contribution in [1.29, 1.82) is 0 Å². The van der Waals surface area contributed by atoms with E-state index in [1.807, 2.05) is 0 Å². The molecule has 0 spiro atoms. The van der Waals surface area contributed by atoms with Crippen LogP contribution in [0.25, 0.3) is 0 Å². The second kappa shape index (κ2) is 5.36. The minimum atomic E-state index is -0.121. The molecule has 0 aromatic rings. The fourth-order valence-corrected chi connectivity index (χ4v) is 2.01. The van der Waals surface area contributed by atoms with Crippen molar-refractivity contribution >= 4 is 5.91 Å². The molecule has 0 heterocycles. The molecule has 0 aromatic heterocycles. The van der Waals surface area contributed by atoms with Gasteiger partial charge >= 0.3 is 0 Å². The number of rotatable bonds is 6. The number of aliphatic hydroxyl groups is 1. The van der Waals surface area contributed by atoms with Crippen molar-refractivity contribution in [3.8, 4) is 0 Å². The second-order valence-electron chi connectivity index (χ2n) is 6.57. The number of nitrogens with one attached hydrogen (secondary N) is 1. The summed E-state index contributed by atoms with van der Waals surface area (Å²) in [6, 6.07) is 0. The third kappa shape index (κ3) is 4.64. The molecular formula is C13H26N2O2. The van der Waals surface area contributed by atoms with Gasteiger partial charge in [0, 0.05) is 18.5 Å². The van der Waals surface area contributed by atoms with Gasteiger partial charge in [0.2, 0.25) is 5.91 Å². The highest BCUT2D eigenvalue weighted by atomic mass is 16.3. The van der Waals surface area contributed by atoms with E-state index in [1.54, 1.807) is 0 Å². The van der Waals surface area contributed by atoms with Gasteiger partial charge in [-0.15, -0.1) is 0 Å². The summed E-state index contributed by atoms with van der Waals surface area (Å²) < 4.78 is 0. The standard InChI is InChI=1S/C13H26N2O2/c1-12(2,3)6-10(7-14)11(17)15-8-13(9-16)4-5-13/h10,16H,4-9,14H2,1-3H3,(H,15,17). The van der Waals surface area contributed by atoms with Crippen LogP contribution in [0.4, 0.5) is 0 Å². The fraction of sp³-hybridized carbons (Fsp3) is 0.923. The number of aliphatic hydroxyl groups excluding tert-OH is 1. The van der Waals surface area contributed by atoms with Gasteiger partial charge in [0.25, 0.3) is 0 Å². The lowest BCUT2D eigenvalue weighted by Crippen LogP contribution is -2.40. The number of carbonyl (C=O) groups is 1. The SMILES string of the molecule is CC(C)(C)CC(CN)C(=O)NCC1(CO)CC1. The number of nitrogens with two attached hydrogens (primary N) is 1. The van der Waals surface area contributed by atoms with Crippen LogP contribution in [0, 0.1) is 16.7 Å². The van der Waals surface area contributed by atoms with Crippen molar-refractivity contribution in [3.05, 3.63) is 0 Å². The molecule has 0 aromatic carbocycles. The van der Waals surface area contributed by atoms with E-state index in [0.29, 0.717) is 13.1 Å². The minimum absolute atomic E-state index is 0.0298. The molecule has 100 valence electrons. The van der Waals surface area contributed by atoms with Crippen molar-refractivity contribution in [2.75, 3.05) is 19.7 Å². The highest BCUT2D eigenvalue weighted by molar-refractivity contribution is 5.79. The molecule has 4 N–H and O–H groups in total. The summed E-state index contributed by atoms with van der Waals surface area (Å²) in [5.74, 6) is -0.0911. The number of hydrogen-bond acceptors (Lipinski definition) is 3. The average molecular weight is 242 g/mol. The summed E-state index contributed by atoms with van der Waals surface area (Å²) >= 11 is 0. The Morgan fingerprint density at radius 2 is 2.06 bits per heavy atom. The van der Waals surface area contributed by atoms with E-state index >= 15 is 0 Å². The van der Waals surface area contributed by atoms with Crippen molar-refractivity contribution in [3.63, 3.8) is 0 Å². The highest BCUT2D eigenvalue weighted by Gasteiger charge is 2.42. The second-order valence-corrected chi connectivity index (χ2v) is 6.57. The van der Waals surface area contributed by atoms with Crippen LogP contribution in [0.15, 0.2) is 0 Å². The van der Waals surface area contributed by atoms with Crippen LogP contribution < -0.4 is 11.1 Å². The quantitative estimate of drug-likeness (QED) is 0.647. The van der Waals surface area contributed by atoms with Crippen LogP contribution in [-0.4, -0.2) is 30.7 Å². The van der Waals surface area contributed by atoms with E-state index in [4.69, 9.17) is 5.73 Å². The van der Waals surface area contributed by atoms with Gasteiger partial charge in [-0.1, -0.05) is 20.8 Å². The third-order valence-corrected chi connectivity index (χ3v) is 3.44. The first-order valence-corrected chi connectivity index (χ1v) is 6.41. The molecule has 0 radical (unpaired) electrons. The van der Waals surface area contributed by atoms with Crippen LogP contribution in [0.1, 0.15) is 40.0 Å². The summed E-state index contributed by atoms with van der Waals surface area (Å²) in [4.78, 5) is 12.0. The van der Waals surface area contributed by atoms with E-state index in [-0.39, 0.29) is 29.3 Å². The van der Waals surface area contributed by atoms with Crippen LogP contribution in [-0.2, 0) is 4.79 Å². The van der Waals surface area contributed by atoms with E-state index in [9.17, 15) is 9.90 Å². The zero-order chi connectivity index (χ0) is 13.1. The topological polar surface area (TPSA) is 75.4 Å². The smallest absolute Gasteiger partial charge is 0.224 e. The van der Waals surface area contributed by atoms with Crippen LogP contribution in [0.3, 0.4) is 0 Å². The zero-order valence-corrected chi connectivity index (χ0v) is 11.3. The van der Waals surface area contributed by atoms with E-state index in [1.165, 1.54) is 0 Å². The monoisotopic (exact) mass is 242 g/mol. The Balaban J connectivity index is 2.39. The number of amides is 1. The first kappa shape index (κ1) is 14.5. The first-order chi connectivity index (χ1) is 7.82. The largest absolute Gasteiger partial charge is 0.396 e. The van der Waals surface area contributed by atoms with E-state index < -0.39 is 0 Å². The van der Waals surface area contributed by atoms with E-state index in [2.05, 4.69) is 26.1 Å². The minimum Gasteiger partial charge on any atom is -0.396 e. The Morgan fingerprint density at radius 1 is 1.47 bits per heavy atom. The van der Waals surface area contributed by atoms with Crippen LogP contribution in [0.2, 0.25) is 0 Å². The fourth-order valence-electron chi connectivity index (χ4n) is 2.01. The highest BCUT2D eigenvalue weighted by Crippen LogP contribution is 2.44. The lowest BCUT2D eigenvalue weighted by atomic mass is 9.84. The van der Waals surface area contributed by atoms with Gasteiger partial charge in [-0.05, 0) is 24.7 Å². The Bertz CT molecular complexity index is 267. The number of carbonyl (C=O) groups excluding carboxylic acids is 1. The molecule has 1 fully saturated rings. The molecule has 0 bridgehead atoms. The molecule has 1 unspecified atom stereocenters. The normalized spacial score (nSPS) is 19.8. The van der Waals surface area contributed by atoms with Crippen molar-refractivity contribution < 1.29 is 9.90 Å². The molecule has 17 heavy (non-hydrogen) atoms. The summed E-state index contributed by atoms with van der Waals surface area (Å²) in [6.45, 7) is 7.47.